The Balaban J connectivity index is 1.74. The second kappa shape index (κ2) is 7.62. The van der Waals surface area contributed by atoms with Gasteiger partial charge in [-0.25, -0.2) is 4.79 Å². The lowest BCUT2D eigenvalue weighted by atomic mass is 9.87. The maximum atomic E-state index is 12.6. The third-order valence-electron chi connectivity index (χ3n) is 4.34. The standard InChI is InChI=1S/C18H22N2O2S/c21-10-9-20(18(22)19-12-14-8-11-23-13-14)17-7-3-5-15-4-1-2-6-16(15)17/h1-2,4,6,8,11,13,17,21H,3,5,7,9-10,12H2,(H,19,22)/t17-/m1/s1. The number of aliphatic hydroxyl groups excluding tert-OH is 1. The molecule has 3 rings (SSSR count). The van der Waals surface area contributed by atoms with E-state index in [9.17, 15) is 9.90 Å². The minimum absolute atomic E-state index is 0.0233. The molecule has 0 fully saturated rings. The largest absolute Gasteiger partial charge is 0.395 e. The van der Waals surface area contributed by atoms with Crippen LogP contribution in [0.25, 0.3) is 0 Å². The molecule has 4 nitrogen and oxygen atoms in total. The SMILES string of the molecule is O=C(NCc1ccsc1)N(CCO)[C@@H]1CCCc2ccccc21. The zero-order chi connectivity index (χ0) is 16.1. The molecule has 0 saturated carbocycles. The van der Waals surface area contributed by atoms with Crippen LogP contribution in [0.2, 0.25) is 0 Å². The first kappa shape index (κ1) is 16.0. The number of rotatable bonds is 5. The summed E-state index contributed by atoms with van der Waals surface area (Å²) in [5, 5.41) is 16.4. The number of nitrogens with one attached hydrogen (secondary N) is 1. The molecule has 2 amide bonds. The summed E-state index contributed by atoms with van der Waals surface area (Å²) in [6.45, 7) is 0.859. The van der Waals surface area contributed by atoms with Gasteiger partial charge in [-0.05, 0) is 52.8 Å². The highest BCUT2D eigenvalue weighted by Gasteiger charge is 2.28. The number of amides is 2. The number of hydrogen-bond acceptors (Lipinski definition) is 3. The van der Waals surface area contributed by atoms with Gasteiger partial charge in [0.05, 0.1) is 12.6 Å². The van der Waals surface area contributed by atoms with Crippen molar-refractivity contribution in [2.45, 2.75) is 31.8 Å². The van der Waals surface area contributed by atoms with Crippen LogP contribution in [0.4, 0.5) is 4.79 Å². The summed E-state index contributed by atoms with van der Waals surface area (Å²) in [6, 6.07) is 10.3. The van der Waals surface area contributed by atoms with Gasteiger partial charge in [0.1, 0.15) is 0 Å². The summed E-state index contributed by atoms with van der Waals surface area (Å²) < 4.78 is 0. The van der Waals surface area contributed by atoms with Gasteiger partial charge < -0.3 is 15.3 Å². The van der Waals surface area contributed by atoms with Crippen molar-refractivity contribution in [3.8, 4) is 0 Å². The van der Waals surface area contributed by atoms with Crippen LogP contribution in [0.3, 0.4) is 0 Å². The van der Waals surface area contributed by atoms with Crippen molar-refractivity contribution in [3.05, 3.63) is 57.8 Å². The Kier molecular flexibility index (Phi) is 5.31. The Morgan fingerprint density at radius 3 is 3.00 bits per heavy atom. The monoisotopic (exact) mass is 330 g/mol. The molecule has 1 aliphatic rings. The van der Waals surface area contributed by atoms with E-state index in [4.69, 9.17) is 0 Å². The van der Waals surface area contributed by atoms with E-state index in [1.165, 1.54) is 11.1 Å². The highest BCUT2D eigenvalue weighted by atomic mass is 32.1. The van der Waals surface area contributed by atoms with E-state index in [0.717, 1.165) is 24.8 Å². The van der Waals surface area contributed by atoms with E-state index in [1.54, 1.807) is 16.2 Å². The topological polar surface area (TPSA) is 52.6 Å². The smallest absolute Gasteiger partial charge is 0.318 e. The number of nitrogens with zero attached hydrogens (tertiary/aromatic N) is 1. The fraction of sp³-hybridized carbons (Fsp3) is 0.389. The lowest BCUT2D eigenvalue weighted by Crippen LogP contribution is -2.44. The van der Waals surface area contributed by atoms with Crippen LogP contribution in [0, 0.1) is 0 Å². The fourth-order valence-corrected chi connectivity index (χ4v) is 3.90. The number of fused-ring (bicyclic) bond motifs is 1. The minimum atomic E-state index is -0.105. The van der Waals surface area contributed by atoms with Crippen LogP contribution in [-0.4, -0.2) is 29.2 Å². The summed E-state index contributed by atoms with van der Waals surface area (Å²) in [5.41, 5.74) is 3.64. The summed E-state index contributed by atoms with van der Waals surface area (Å²) in [6.07, 6.45) is 3.08. The van der Waals surface area contributed by atoms with Crippen LogP contribution < -0.4 is 5.32 Å². The lowest BCUT2D eigenvalue weighted by molar-refractivity contribution is 0.144. The van der Waals surface area contributed by atoms with Crippen LogP contribution in [-0.2, 0) is 13.0 Å². The Bertz CT molecular complexity index is 642. The summed E-state index contributed by atoms with van der Waals surface area (Å²) >= 11 is 1.62. The van der Waals surface area contributed by atoms with Gasteiger partial charge in [-0.2, -0.15) is 11.3 Å². The van der Waals surface area contributed by atoms with Crippen molar-refractivity contribution >= 4 is 17.4 Å². The lowest BCUT2D eigenvalue weighted by Gasteiger charge is -2.35. The second-order valence-electron chi connectivity index (χ2n) is 5.81. The average molecular weight is 330 g/mol. The van der Waals surface area contributed by atoms with E-state index >= 15 is 0 Å². The summed E-state index contributed by atoms with van der Waals surface area (Å²) in [5.74, 6) is 0. The van der Waals surface area contributed by atoms with Crippen molar-refractivity contribution in [1.82, 2.24) is 10.2 Å². The van der Waals surface area contributed by atoms with E-state index in [-0.39, 0.29) is 18.7 Å². The molecule has 0 radical (unpaired) electrons. The molecule has 1 aliphatic carbocycles. The molecule has 1 heterocycles. The first-order valence-corrected chi connectivity index (χ1v) is 8.98. The normalized spacial score (nSPS) is 16.7. The second-order valence-corrected chi connectivity index (χ2v) is 6.59. The molecule has 23 heavy (non-hydrogen) atoms. The van der Waals surface area contributed by atoms with E-state index in [1.807, 2.05) is 29.0 Å². The summed E-state index contributed by atoms with van der Waals surface area (Å²) in [4.78, 5) is 14.4. The molecular formula is C18H22N2O2S. The molecule has 1 aromatic heterocycles. The zero-order valence-electron chi connectivity index (χ0n) is 13.1. The van der Waals surface area contributed by atoms with Gasteiger partial charge in [0.2, 0.25) is 0 Å². The average Bonchev–Trinajstić information content (AvgIpc) is 3.11. The Morgan fingerprint density at radius 1 is 1.35 bits per heavy atom. The fourth-order valence-electron chi connectivity index (χ4n) is 3.23. The van der Waals surface area contributed by atoms with Crippen molar-refractivity contribution in [2.75, 3.05) is 13.2 Å². The molecule has 0 bridgehead atoms. The first-order chi connectivity index (χ1) is 11.3. The molecule has 0 unspecified atom stereocenters. The van der Waals surface area contributed by atoms with Crippen molar-refractivity contribution in [3.63, 3.8) is 0 Å². The molecule has 5 heteroatoms. The quantitative estimate of drug-likeness (QED) is 0.883. The van der Waals surface area contributed by atoms with Crippen molar-refractivity contribution < 1.29 is 9.90 Å². The van der Waals surface area contributed by atoms with Gasteiger partial charge in [-0.15, -0.1) is 0 Å². The maximum Gasteiger partial charge on any atom is 0.318 e. The zero-order valence-corrected chi connectivity index (χ0v) is 13.9. The molecule has 0 aliphatic heterocycles. The van der Waals surface area contributed by atoms with Gasteiger partial charge in [-0.1, -0.05) is 24.3 Å². The predicted molar refractivity (Wildman–Crippen MR) is 92.5 cm³/mol. The third kappa shape index (κ3) is 3.74. The van der Waals surface area contributed by atoms with E-state index < -0.39 is 0 Å². The van der Waals surface area contributed by atoms with E-state index in [2.05, 4.69) is 17.4 Å². The van der Waals surface area contributed by atoms with Gasteiger partial charge in [0, 0.05) is 13.1 Å². The molecule has 1 atom stereocenters. The number of aliphatic hydroxyl groups is 1. The highest BCUT2D eigenvalue weighted by Crippen LogP contribution is 2.34. The van der Waals surface area contributed by atoms with Gasteiger partial charge >= 0.3 is 6.03 Å². The van der Waals surface area contributed by atoms with Crippen molar-refractivity contribution in [1.29, 1.82) is 0 Å². The number of urea groups is 1. The minimum Gasteiger partial charge on any atom is -0.395 e. The van der Waals surface area contributed by atoms with Gasteiger partial charge in [0.25, 0.3) is 0 Å². The number of aryl methyl sites for hydroxylation is 1. The third-order valence-corrected chi connectivity index (χ3v) is 5.07. The van der Waals surface area contributed by atoms with Crippen LogP contribution in [0.5, 0.6) is 0 Å². The number of thiophene rings is 1. The van der Waals surface area contributed by atoms with Crippen molar-refractivity contribution in [2.24, 2.45) is 0 Å². The molecule has 0 spiro atoms. The molecule has 2 N–H and O–H groups in total. The number of hydrogen-bond donors (Lipinski definition) is 2. The predicted octanol–water partition coefficient (Wildman–Crippen LogP) is 3.33. The molecule has 0 saturated heterocycles. The van der Waals surface area contributed by atoms with Gasteiger partial charge in [0.15, 0.2) is 0 Å². The summed E-state index contributed by atoms with van der Waals surface area (Å²) in [7, 11) is 0. The molecule has 122 valence electrons. The van der Waals surface area contributed by atoms with E-state index in [0.29, 0.717) is 13.1 Å². The Hall–Kier alpha value is -1.85. The molecular weight excluding hydrogens is 308 g/mol. The molecule has 1 aromatic carbocycles. The maximum absolute atomic E-state index is 12.6. The molecule has 2 aromatic rings. The number of carbonyl (C=O) groups is 1. The first-order valence-electron chi connectivity index (χ1n) is 8.04. The number of carbonyl (C=O) groups excluding carboxylic acids is 1. The Morgan fingerprint density at radius 2 is 2.22 bits per heavy atom. The Labute approximate surface area is 140 Å². The van der Waals surface area contributed by atoms with Crippen LogP contribution >= 0.6 is 11.3 Å². The highest BCUT2D eigenvalue weighted by molar-refractivity contribution is 7.07. The van der Waals surface area contributed by atoms with Crippen LogP contribution in [0.15, 0.2) is 41.1 Å². The van der Waals surface area contributed by atoms with Gasteiger partial charge in [-0.3, -0.25) is 0 Å². The number of benzene rings is 1. The van der Waals surface area contributed by atoms with Crippen LogP contribution in [0.1, 0.15) is 35.6 Å².